The van der Waals surface area contributed by atoms with Crippen molar-refractivity contribution in [2.45, 2.75) is 18.9 Å². The van der Waals surface area contributed by atoms with E-state index < -0.39 is 0 Å². The molecule has 0 radical (unpaired) electrons. The fraction of sp³-hybridized carbons (Fsp3) is 0.263. The van der Waals surface area contributed by atoms with Gasteiger partial charge in [0.2, 0.25) is 0 Å². The Labute approximate surface area is 150 Å². The molecule has 4 rings (SSSR count). The molecule has 0 N–H and O–H groups in total. The predicted molar refractivity (Wildman–Crippen MR) is 93.5 cm³/mol. The number of amides is 1. The van der Waals surface area contributed by atoms with Gasteiger partial charge in [-0.25, -0.2) is 0 Å². The SMILES string of the molecule is O=C(c1cc(-c2cccnc2)on1)N1CCCC(Oc2ccncc2)C1. The maximum absolute atomic E-state index is 12.8. The molecule has 3 aromatic rings. The molecule has 1 aliphatic rings. The van der Waals surface area contributed by atoms with Crippen LogP contribution in [0.4, 0.5) is 0 Å². The number of pyridine rings is 2. The number of carbonyl (C=O) groups is 1. The van der Waals surface area contributed by atoms with E-state index in [-0.39, 0.29) is 12.0 Å². The molecule has 1 saturated heterocycles. The van der Waals surface area contributed by atoms with Gasteiger partial charge in [0.05, 0.1) is 6.54 Å². The molecule has 3 aromatic heterocycles. The zero-order valence-corrected chi connectivity index (χ0v) is 14.1. The standard InChI is InChI=1S/C19H18N4O3/c24-19(17-11-18(26-22-17)14-3-1-7-21-12-14)23-10-2-4-16(13-23)25-15-5-8-20-9-6-15/h1,3,5-9,11-12,16H,2,4,10,13H2. The van der Waals surface area contributed by atoms with E-state index in [2.05, 4.69) is 15.1 Å². The highest BCUT2D eigenvalue weighted by Crippen LogP contribution is 2.22. The van der Waals surface area contributed by atoms with Crippen molar-refractivity contribution in [3.63, 3.8) is 0 Å². The van der Waals surface area contributed by atoms with Crippen LogP contribution in [-0.4, -0.2) is 45.1 Å². The average molecular weight is 350 g/mol. The van der Waals surface area contributed by atoms with E-state index in [9.17, 15) is 4.79 Å². The van der Waals surface area contributed by atoms with Crippen LogP contribution in [0.1, 0.15) is 23.3 Å². The van der Waals surface area contributed by atoms with Crippen molar-refractivity contribution in [3.05, 3.63) is 60.8 Å². The molecule has 132 valence electrons. The normalized spacial score (nSPS) is 17.1. The quantitative estimate of drug-likeness (QED) is 0.720. The molecule has 0 aromatic carbocycles. The van der Waals surface area contributed by atoms with Crippen molar-refractivity contribution in [1.82, 2.24) is 20.0 Å². The van der Waals surface area contributed by atoms with Crippen LogP contribution in [0, 0.1) is 0 Å². The van der Waals surface area contributed by atoms with E-state index in [1.54, 1.807) is 35.8 Å². The van der Waals surface area contributed by atoms with Crippen LogP contribution in [0.2, 0.25) is 0 Å². The molecule has 7 nitrogen and oxygen atoms in total. The molecule has 1 atom stereocenters. The topological polar surface area (TPSA) is 81.4 Å². The summed E-state index contributed by atoms with van der Waals surface area (Å²) in [4.78, 5) is 22.6. The van der Waals surface area contributed by atoms with E-state index in [0.29, 0.717) is 24.5 Å². The summed E-state index contributed by atoms with van der Waals surface area (Å²) >= 11 is 0. The lowest BCUT2D eigenvalue weighted by molar-refractivity contribution is 0.0528. The van der Waals surface area contributed by atoms with Crippen LogP contribution >= 0.6 is 0 Å². The maximum Gasteiger partial charge on any atom is 0.276 e. The summed E-state index contributed by atoms with van der Waals surface area (Å²) in [5.41, 5.74) is 1.09. The third-order valence-electron chi connectivity index (χ3n) is 4.29. The Kier molecular flexibility index (Phi) is 4.59. The molecular formula is C19H18N4O3. The third kappa shape index (κ3) is 3.56. The van der Waals surface area contributed by atoms with Crippen molar-refractivity contribution in [1.29, 1.82) is 0 Å². The minimum atomic E-state index is -0.146. The number of piperidine rings is 1. The average Bonchev–Trinajstić information content (AvgIpc) is 3.19. The molecule has 0 spiro atoms. The van der Waals surface area contributed by atoms with Gasteiger partial charge in [-0.3, -0.25) is 14.8 Å². The van der Waals surface area contributed by atoms with Gasteiger partial charge < -0.3 is 14.2 Å². The van der Waals surface area contributed by atoms with Crippen molar-refractivity contribution in [2.75, 3.05) is 13.1 Å². The summed E-state index contributed by atoms with van der Waals surface area (Å²) in [6, 6.07) is 8.97. The van der Waals surface area contributed by atoms with Crippen molar-refractivity contribution in [2.24, 2.45) is 0 Å². The van der Waals surface area contributed by atoms with Gasteiger partial charge in [-0.2, -0.15) is 0 Å². The molecule has 26 heavy (non-hydrogen) atoms. The summed E-state index contributed by atoms with van der Waals surface area (Å²) in [7, 11) is 0. The van der Waals surface area contributed by atoms with E-state index in [1.807, 2.05) is 24.3 Å². The molecule has 0 bridgehead atoms. The van der Waals surface area contributed by atoms with Crippen LogP contribution in [0.5, 0.6) is 5.75 Å². The minimum Gasteiger partial charge on any atom is -0.488 e. The highest BCUT2D eigenvalue weighted by atomic mass is 16.5. The van der Waals surface area contributed by atoms with Crippen LogP contribution < -0.4 is 4.74 Å². The first-order valence-electron chi connectivity index (χ1n) is 8.52. The zero-order valence-electron chi connectivity index (χ0n) is 14.1. The largest absolute Gasteiger partial charge is 0.488 e. The number of rotatable bonds is 4. The minimum absolute atomic E-state index is 0.0419. The van der Waals surface area contributed by atoms with E-state index in [4.69, 9.17) is 9.26 Å². The van der Waals surface area contributed by atoms with Gasteiger partial charge in [0, 0.05) is 43.0 Å². The highest BCUT2D eigenvalue weighted by molar-refractivity contribution is 5.93. The highest BCUT2D eigenvalue weighted by Gasteiger charge is 2.27. The van der Waals surface area contributed by atoms with Gasteiger partial charge >= 0.3 is 0 Å². The van der Waals surface area contributed by atoms with Crippen molar-refractivity contribution in [3.8, 4) is 17.1 Å². The molecule has 4 heterocycles. The molecule has 7 heteroatoms. The first kappa shape index (κ1) is 16.3. The summed E-state index contributed by atoms with van der Waals surface area (Å²) in [6.45, 7) is 1.21. The van der Waals surface area contributed by atoms with Gasteiger partial charge in [-0.1, -0.05) is 5.16 Å². The van der Waals surface area contributed by atoms with E-state index in [0.717, 1.165) is 24.2 Å². The van der Waals surface area contributed by atoms with Gasteiger partial charge in [0.15, 0.2) is 11.5 Å². The molecule has 1 fully saturated rings. The van der Waals surface area contributed by atoms with Gasteiger partial charge in [0.25, 0.3) is 5.91 Å². The zero-order chi connectivity index (χ0) is 17.8. The Balaban J connectivity index is 1.44. The van der Waals surface area contributed by atoms with Crippen molar-refractivity contribution >= 4 is 5.91 Å². The number of aromatic nitrogens is 3. The Morgan fingerprint density at radius 1 is 1.19 bits per heavy atom. The number of carbonyl (C=O) groups excluding carboxylic acids is 1. The Morgan fingerprint density at radius 3 is 2.88 bits per heavy atom. The summed E-state index contributed by atoms with van der Waals surface area (Å²) < 4.78 is 11.3. The molecule has 0 aliphatic carbocycles. The molecule has 1 aliphatic heterocycles. The number of hydrogen-bond donors (Lipinski definition) is 0. The van der Waals surface area contributed by atoms with Gasteiger partial charge in [-0.15, -0.1) is 0 Å². The van der Waals surface area contributed by atoms with E-state index in [1.165, 1.54) is 0 Å². The fourth-order valence-electron chi connectivity index (χ4n) is 3.01. The van der Waals surface area contributed by atoms with Crippen LogP contribution in [0.25, 0.3) is 11.3 Å². The fourth-order valence-corrected chi connectivity index (χ4v) is 3.01. The number of ether oxygens (including phenoxy) is 1. The number of hydrogen-bond acceptors (Lipinski definition) is 6. The smallest absolute Gasteiger partial charge is 0.276 e. The first-order chi connectivity index (χ1) is 12.8. The second-order valence-corrected chi connectivity index (χ2v) is 6.13. The van der Waals surface area contributed by atoms with Crippen LogP contribution in [-0.2, 0) is 0 Å². The summed E-state index contributed by atoms with van der Waals surface area (Å²) in [6.07, 6.45) is 8.49. The van der Waals surface area contributed by atoms with E-state index >= 15 is 0 Å². The Hall–Kier alpha value is -3.22. The van der Waals surface area contributed by atoms with Crippen molar-refractivity contribution < 1.29 is 14.1 Å². The van der Waals surface area contributed by atoms with Crippen LogP contribution in [0.3, 0.4) is 0 Å². The Morgan fingerprint density at radius 2 is 2.08 bits per heavy atom. The van der Waals surface area contributed by atoms with Gasteiger partial charge in [0.1, 0.15) is 11.9 Å². The molecule has 1 unspecified atom stereocenters. The summed E-state index contributed by atoms with van der Waals surface area (Å²) in [5, 5.41) is 3.93. The second-order valence-electron chi connectivity index (χ2n) is 6.13. The van der Waals surface area contributed by atoms with Crippen LogP contribution in [0.15, 0.2) is 59.6 Å². The predicted octanol–water partition coefficient (Wildman–Crippen LogP) is 2.82. The number of nitrogens with zero attached hydrogens (tertiary/aromatic N) is 4. The summed E-state index contributed by atoms with van der Waals surface area (Å²) in [5.74, 6) is 1.15. The van der Waals surface area contributed by atoms with Gasteiger partial charge in [-0.05, 0) is 37.1 Å². The number of likely N-dealkylation sites (tertiary alicyclic amines) is 1. The lowest BCUT2D eigenvalue weighted by Gasteiger charge is -2.32. The monoisotopic (exact) mass is 350 g/mol. The molecule has 1 amide bonds. The second kappa shape index (κ2) is 7.35. The maximum atomic E-state index is 12.8. The third-order valence-corrected chi connectivity index (χ3v) is 4.29. The lowest BCUT2D eigenvalue weighted by atomic mass is 10.1. The molecule has 0 saturated carbocycles. The lowest BCUT2D eigenvalue weighted by Crippen LogP contribution is -2.44. The first-order valence-corrected chi connectivity index (χ1v) is 8.52. The Bertz CT molecular complexity index is 867. The molecular weight excluding hydrogens is 332 g/mol.